The lowest BCUT2D eigenvalue weighted by atomic mass is 10.0. The zero-order valence-electron chi connectivity index (χ0n) is 14.9. The lowest BCUT2D eigenvalue weighted by Crippen LogP contribution is -2.45. The predicted molar refractivity (Wildman–Crippen MR) is 95.8 cm³/mol. The molecule has 0 saturated carbocycles. The summed E-state index contributed by atoms with van der Waals surface area (Å²) in [5, 5.41) is 17.5. The molecule has 152 valence electrons. The molecule has 0 saturated heterocycles. The summed E-state index contributed by atoms with van der Waals surface area (Å²) in [4.78, 5) is 28.0. The highest BCUT2D eigenvalue weighted by Gasteiger charge is 2.60. The third-order valence-corrected chi connectivity index (χ3v) is 4.13. The van der Waals surface area contributed by atoms with Crippen molar-refractivity contribution in [1.82, 2.24) is 10.6 Å². The molecule has 3 N–H and O–H groups in total. The number of carbonyl (C=O) groups excluding carboxylic acids is 2. The molecule has 0 spiro atoms. The predicted octanol–water partition coefficient (Wildman–Crippen LogP) is 2.70. The van der Waals surface area contributed by atoms with Crippen molar-refractivity contribution in [1.29, 1.82) is 0 Å². The van der Waals surface area contributed by atoms with Crippen molar-refractivity contribution in [3.05, 3.63) is 71.3 Å². The summed E-state index contributed by atoms with van der Waals surface area (Å²) in [5.41, 5.74) is 1.11. The maximum Gasteiger partial charge on any atom is 0.458 e. The summed E-state index contributed by atoms with van der Waals surface area (Å²) in [7, 11) is 0. The molecule has 1 heterocycles. The van der Waals surface area contributed by atoms with E-state index in [2.05, 4.69) is 20.6 Å². The highest BCUT2D eigenvalue weighted by atomic mass is 19.4. The van der Waals surface area contributed by atoms with Crippen LogP contribution in [0.15, 0.2) is 59.8 Å². The van der Waals surface area contributed by atoms with Crippen LogP contribution in [0.5, 0.6) is 0 Å². The third-order valence-electron chi connectivity index (χ3n) is 4.13. The Kier molecular flexibility index (Phi) is 5.55. The van der Waals surface area contributed by atoms with E-state index < -0.39 is 30.3 Å². The van der Waals surface area contributed by atoms with Crippen molar-refractivity contribution in [3.8, 4) is 0 Å². The van der Waals surface area contributed by atoms with Gasteiger partial charge in [0.15, 0.2) is 0 Å². The largest absolute Gasteiger partial charge is 0.458 e. The number of imide groups is 1. The highest BCUT2D eigenvalue weighted by Crippen LogP contribution is 2.38. The van der Waals surface area contributed by atoms with Gasteiger partial charge in [-0.1, -0.05) is 41.6 Å². The molecule has 3 rings (SSSR count). The number of rotatable bonds is 4. The monoisotopic (exact) mass is 407 g/mol. The minimum absolute atomic E-state index is 0.0133. The Bertz CT molecular complexity index is 947. The first-order valence-electron chi connectivity index (χ1n) is 8.46. The quantitative estimate of drug-likeness (QED) is 0.726. The van der Waals surface area contributed by atoms with Crippen LogP contribution >= 0.6 is 0 Å². The van der Waals surface area contributed by atoms with Crippen LogP contribution in [0.1, 0.15) is 27.9 Å². The van der Waals surface area contributed by atoms with Crippen molar-refractivity contribution >= 4 is 17.6 Å². The SMILES string of the molecule is O=C(NCc1cccc(C2=NOC(O)(C(F)(F)F)C2)c1)NC(=O)c1ccccc1. The molecule has 7 nitrogen and oxygen atoms in total. The molecule has 1 unspecified atom stereocenters. The van der Waals surface area contributed by atoms with E-state index in [1.165, 1.54) is 12.1 Å². The number of aliphatic hydroxyl groups is 1. The van der Waals surface area contributed by atoms with E-state index in [0.29, 0.717) is 16.7 Å². The number of hydrogen-bond acceptors (Lipinski definition) is 5. The van der Waals surface area contributed by atoms with Gasteiger partial charge in [0.1, 0.15) is 0 Å². The number of hydrogen-bond donors (Lipinski definition) is 3. The summed E-state index contributed by atoms with van der Waals surface area (Å²) in [5.74, 6) is -3.92. The van der Waals surface area contributed by atoms with Crippen LogP contribution in [0.3, 0.4) is 0 Å². The van der Waals surface area contributed by atoms with Gasteiger partial charge in [-0.15, -0.1) is 0 Å². The summed E-state index contributed by atoms with van der Waals surface area (Å²) in [6.45, 7) is 0.0133. The zero-order chi connectivity index (χ0) is 21.1. The van der Waals surface area contributed by atoms with Gasteiger partial charge in [-0.05, 0) is 29.3 Å². The fraction of sp³-hybridized carbons (Fsp3) is 0.211. The normalized spacial score (nSPS) is 18.6. The Balaban J connectivity index is 1.58. The Morgan fingerprint density at radius 3 is 2.52 bits per heavy atom. The van der Waals surface area contributed by atoms with Crippen LogP contribution in [0, 0.1) is 0 Å². The Labute approximate surface area is 163 Å². The lowest BCUT2D eigenvalue weighted by Gasteiger charge is -2.22. The third kappa shape index (κ3) is 4.72. The lowest BCUT2D eigenvalue weighted by molar-refractivity contribution is -0.355. The molecule has 1 aliphatic rings. The molecule has 0 fully saturated rings. The number of nitrogens with one attached hydrogen (secondary N) is 2. The summed E-state index contributed by atoms with van der Waals surface area (Å²) >= 11 is 0. The Morgan fingerprint density at radius 2 is 1.86 bits per heavy atom. The first-order chi connectivity index (χ1) is 13.7. The first-order valence-corrected chi connectivity index (χ1v) is 8.46. The number of carbonyl (C=O) groups is 2. The molecule has 0 bridgehead atoms. The van der Waals surface area contributed by atoms with E-state index in [1.54, 1.807) is 42.5 Å². The average molecular weight is 407 g/mol. The number of urea groups is 1. The standard InChI is InChI=1S/C19H16F3N3O4/c20-19(21,22)18(28)10-15(25-29-18)14-8-4-5-12(9-14)11-23-17(27)24-16(26)13-6-2-1-3-7-13/h1-9,28H,10-11H2,(H2,23,24,26,27). The number of nitrogens with zero attached hydrogens (tertiary/aromatic N) is 1. The summed E-state index contributed by atoms with van der Waals surface area (Å²) < 4.78 is 38.5. The fourth-order valence-electron chi connectivity index (χ4n) is 2.58. The molecule has 1 atom stereocenters. The molecule has 29 heavy (non-hydrogen) atoms. The van der Waals surface area contributed by atoms with Gasteiger partial charge in [0, 0.05) is 12.1 Å². The van der Waals surface area contributed by atoms with Crippen molar-refractivity contribution in [2.24, 2.45) is 5.16 Å². The van der Waals surface area contributed by atoms with Crippen molar-refractivity contribution in [3.63, 3.8) is 0 Å². The van der Waals surface area contributed by atoms with Crippen LogP contribution in [0.4, 0.5) is 18.0 Å². The molecule has 10 heteroatoms. The maximum atomic E-state index is 12.8. The molecule has 0 aliphatic carbocycles. The van der Waals surface area contributed by atoms with Gasteiger partial charge in [0.2, 0.25) is 0 Å². The van der Waals surface area contributed by atoms with Gasteiger partial charge in [0.25, 0.3) is 5.91 Å². The molecule has 1 aliphatic heterocycles. The van der Waals surface area contributed by atoms with Crippen molar-refractivity contribution in [2.45, 2.75) is 24.9 Å². The van der Waals surface area contributed by atoms with E-state index in [0.717, 1.165) is 0 Å². The molecule has 2 aromatic rings. The van der Waals surface area contributed by atoms with Gasteiger partial charge in [-0.2, -0.15) is 13.2 Å². The van der Waals surface area contributed by atoms with E-state index in [1.807, 2.05) is 0 Å². The number of oxime groups is 1. The minimum Gasteiger partial charge on any atom is -0.350 e. The number of alkyl halides is 3. The smallest absolute Gasteiger partial charge is 0.350 e. The van der Waals surface area contributed by atoms with E-state index >= 15 is 0 Å². The molecular weight excluding hydrogens is 391 g/mol. The fourth-order valence-corrected chi connectivity index (χ4v) is 2.58. The molecule has 0 radical (unpaired) electrons. The average Bonchev–Trinajstić information content (AvgIpc) is 3.11. The van der Waals surface area contributed by atoms with Gasteiger partial charge in [0.05, 0.1) is 12.1 Å². The van der Waals surface area contributed by atoms with Crippen LogP contribution in [-0.2, 0) is 11.4 Å². The topological polar surface area (TPSA) is 100 Å². The summed E-state index contributed by atoms with van der Waals surface area (Å²) in [6.07, 6.45) is -5.83. The summed E-state index contributed by atoms with van der Waals surface area (Å²) in [6, 6.07) is 13.6. The van der Waals surface area contributed by atoms with Crippen molar-refractivity contribution in [2.75, 3.05) is 0 Å². The second-order valence-electron chi connectivity index (χ2n) is 6.29. The van der Waals surface area contributed by atoms with Crippen LogP contribution in [0.2, 0.25) is 0 Å². The van der Waals surface area contributed by atoms with E-state index in [9.17, 15) is 27.9 Å². The van der Waals surface area contributed by atoms with Crippen LogP contribution in [-0.4, -0.2) is 34.7 Å². The molecule has 2 aromatic carbocycles. The first kappa shape index (κ1) is 20.3. The van der Waals surface area contributed by atoms with Crippen LogP contribution in [0.25, 0.3) is 0 Å². The minimum atomic E-state index is -4.99. The van der Waals surface area contributed by atoms with Crippen LogP contribution < -0.4 is 10.6 Å². The Hall–Kier alpha value is -3.40. The maximum absolute atomic E-state index is 12.8. The van der Waals surface area contributed by atoms with Gasteiger partial charge < -0.3 is 15.3 Å². The van der Waals surface area contributed by atoms with E-state index in [4.69, 9.17) is 0 Å². The molecule has 3 amide bonds. The zero-order valence-corrected chi connectivity index (χ0v) is 14.9. The van der Waals surface area contributed by atoms with Gasteiger partial charge >= 0.3 is 18.0 Å². The Morgan fingerprint density at radius 1 is 1.14 bits per heavy atom. The highest BCUT2D eigenvalue weighted by molar-refractivity contribution is 6.04. The van der Waals surface area contributed by atoms with Crippen molar-refractivity contribution < 1.29 is 32.7 Å². The second-order valence-corrected chi connectivity index (χ2v) is 6.29. The number of halogens is 3. The molecule has 0 aromatic heterocycles. The molecular formula is C19H16F3N3O4. The second kappa shape index (κ2) is 7.92. The van der Waals surface area contributed by atoms with Gasteiger partial charge in [-0.25, -0.2) is 4.79 Å². The van der Waals surface area contributed by atoms with E-state index in [-0.39, 0.29) is 12.3 Å². The van der Waals surface area contributed by atoms with Gasteiger partial charge in [-0.3, -0.25) is 10.1 Å². The number of amides is 3. The number of benzene rings is 2.